The highest BCUT2D eigenvalue weighted by Crippen LogP contribution is 2.38. The Morgan fingerprint density at radius 1 is 1.77 bits per heavy atom. The van der Waals surface area contributed by atoms with Crippen molar-refractivity contribution in [3.8, 4) is 0 Å². The van der Waals surface area contributed by atoms with Gasteiger partial charge in [-0.3, -0.25) is 0 Å². The molecule has 4 heteroatoms. The minimum atomic E-state index is -1.20. The molecule has 1 aliphatic rings. The van der Waals surface area contributed by atoms with E-state index in [9.17, 15) is 4.39 Å². The van der Waals surface area contributed by atoms with Crippen molar-refractivity contribution in [2.75, 3.05) is 13.1 Å². The molecule has 2 rings (SSSR count). The van der Waals surface area contributed by atoms with E-state index >= 15 is 0 Å². The van der Waals surface area contributed by atoms with Crippen molar-refractivity contribution < 1.29 is 4.39 Å². The van der Waals surface area contributed by atoms with E-state index in [2.05, 4.69) is 10.3 Å². The molecule has 0 spiro atoms. The molecule has 1 aromatic rings. The minimum Gasteiger partial charge on any atom is -0.316 e. The standard InChI is InChI=1S/C9H13FN2S/c1-7-4-11-3-2-9(7,10)8-5-13-6-12-8/h5-7,11H,2-4H2,1H3. The number of hydrogen-bond donors (Lipinski definition) is 1. The zero-order chi connectivity index (χ0) is 9.31. The van der Waals surface area contributed by atoms with E-state index in [1.54, 1.807) is 5.51 Å². The predicted molar refractivity (Wildman–Crippen MR) is 51.6 cm³/mol. The van der Waals surface area contributed by atoms with Gasteiger partial charge >= 0.3 is 0 Å². The van der Waals surface area contributed by atoms with Gasteiger partial charge in [-0.15, -0.1) is 11.3 Å². The number of halogens is 1. The summed E-state index contributed by atoms with van der Waals surface area (Å²) in [6.45, 7) is 3.43. The van der Waals surface area contributed by atoms with Gasteiger partial charge in [0, 0.05) is 17.8 Å². The number of thiazole rings is 1. The molecule has 2 unspecified atom stereocenters. The van der Waals surface area contributed by atoms with Gasteiger partial charge < -0.3 is 5.32 Å². The van der Waals surface area contributed by atoms with Crippen LogP contribution < -0.4 is 5.32 Å². The van der Waals surface area contributed by atoms with E-state index in [0.717, 1.165) is 13.1 Å². The van der Waals surface area contributed by atoms with Crippen molar-refractivity contribution in [3.05, 3.63) is 16.6 Å². The maximum Gasteiger partial charge on any atom is 0.158 e. The lowest BCUT2D eigenvalue weighted by atomic mass is 9.82. The van der Waals surface area contributed by atoms with Crippen LogP contribution in [0, 0.1) is 5.92 Å². The summed E-state index contributed by atoms with van der Waals surface area (Å²) < 4.78 is 14.4. The number of nitrogens with zero attached hydrogens (tertiary/aromatic N) is 1. The first-order chi connectivity index (χ1) is 6.23. The third-order valence-corrected chi connectivity index (χ3v) is 3.34. The van der Waals surface area contributed by atoms with Gasteiger partial charge in [0.1, 0.15) is 0 Å². The predicted octanol–water partition coefficient (Wildman–Crippen LogP) is 1.94. The molecule has 2 nitrogen and oxygen atoms in total. The molecule has 0 aliphatic carbocycles. The molecule has 2 atom stereocenters. The van der Waals surface area contributed by atoms with Gasteiger partial charge in [0.25, 0.3) is 0 Å². The highest BCUT2D eigenvalue weighted by Gasteiger charge is 2.41. The normalized spacial score (nSPS) is 34.8. The second-order valence-electron chi connectivity index (χ2n) is 3.59. The number of alkyl halides is 1. The Labute approximate surface area is 81.2 Å². The maximum atomic E-state index is 14.4. The maximum absolute atomic E-state index is 14.4. The Kier molecular flexibility index (Phi) is 2.34. The van der Waals surface area contributed by atoms with E-state index in [1.807, 2.05) is 12.3 Å². The first-order valence-electron chi connectivity index (χ1n) is 4.52. The number of aromatic nitrogens is 1. The van der Waals surface area contributed by atoms with Gasteiger partial charge in [-0.2, -0.15) is 0 Å². The number of rotatable bonds is 1. The van der Waals surface area contributed by atoms with E-state index < -0.39 is 5.67 Å². The second kappa shape index (κ2) is 3.35. The van der Waals surface area contributed by atoms with Crippen LogP contribution in [0.25, 0.3) is 0 Å². The molecule has 1 fully saturated rings. The lowest BCUT2D eigenvalue weighted by Gasteiger charge is -2.34. The summed E-state index contributed by atoms with van der Waals surface area (Å²) in [5.41, 5.74) is 1.11. The molecule has 1 saturated heterocycles. The highest BCUT2D eigenvalue weighted by molar-refractivity contribution is 7.07. The van der Waals surface area contributed by atoms with Gasteiger partial charge in [0.2, 0.25) is 0 Å². The van der Waals surface area contributed by atoms with E-state index in [4.69, 9.17) is 0 Å². The van der Waals surface area contributed by atoms with E-state index in [0.29, 0.717) is 12.1 Å². The summed E-state index contributed by atoms with van der Waals surface area (Å²) in [7, 11) is 0. The quantitative estimate of drug-likeness (QED) is 0.749. The van der Waals surface area contributed by atoms with Crippen LogP contribution >= 0.6 is 11.3 Å². The van der Waals surface area contributed by atoms with Crippen LogP contribution in [0.5, 0.6) is 0 Å². The van der Waals surface area contributed by atoms with Crippen molar-refractivity contribution in [1.82, 2.24) is 10.3 Å². The molecule has 2 heterocycles. The van der Waals surface area contributed by atoms with Crippen LogP contribution in [0.15, 0.2) is 10.9 Å². The van der Waals surface area contributed by atoms with Gasteiger partial charge in [-0.05, 0) is 13.0 Å². The third kappa shape index (κ3) is 1.48. The lowest BCUT2D eigenvalue weighted by molar-refractivity contribution is 0.0511. The van der Waals surface area contributed by atoms with Crippen LogP contribution in [0.1, 0.15) is 19.0 Å². The molecule has 0 bridgehead atoms. The summed E-state index contributed by atoms with van der Waals surface area (Å²) in [4.78, 5) is 4.08. The number of hydrogen-bond acceptors (Lipinski definition) is 3. The monoisotopic (exact) mass is 200 g/mol. The van der Waals surface area contributed by atoms with Crippen LogP contribution in [0.3, 0.4) is 0 Å². The Balaban J connectivity index is 2.27. The Morgan fingerprint density at radius 2 is 2.62 bits per heavy atom. The molecular weight excluding hydrogens is 187 g/mol. The SMILES string of the molecule is CC1CNCCC1(F)c1cscn1. The van der Waals surface area contributed by atoms with Crippen LogP contribution in [-0.2, 0) is 5.67 Å². The molecule has 0 amide bonds. The molecule has 13 heavy (non-hydrogen) atoms. The molecule has 0 radical (unpaired) electrons. The van der Waals surface area contributed by atoms with Gasteiger partial charge in [-0.25, -0.2) is 9.37 Å². The van der Waals surface area contributed by atoms with Crippen molar-refractivity contribution in [3.63, 3.8) is 0 Å². The fourth-order valence-corrected chi connectivity index (χ4v) is 2.42. The Hall–Kier alpha value is -0.480. The molecule has 72 valence electrons. The second-order valence-corrected chi connectivity index (χ2v) is 4.31. The molecule has 1 N–H and O–H groups in total. The molecule has 0 saturated carbocycles. The summed E-state index contributed by atoms with van der Waals surface area (Å²) in [5.74, 6) is 0.0170. The average Bonchev–Trinajstić information content (AvgIpc) is 2.63. The average molecular weight is 200 g/mol. The van der Waals surface area contributed by atoms with Crippen molar-refractivity contribution in [2.24, 2.45) is 5.92 Å². The largest absolute Gasteiger partial charge is 0.316 e. The third-order valence-electron chi connectivity index (χ3n) is 2.76. The summed E-state index contributed by atoms with van der Waals surface area (Å²) >= 11 is 1.46. The fraction of sp³-hybridized carbons (Fsp3) is 0.667. The first-order valence-corrected chi connectivity index (χ1v) is 5.46. The van der Waals surface area contributed by atoms with Crippen LogP contribution in [0.4, 0.5) is 4.39 Å². The summed E-state index contributed by atoms with van der Waals surface area (Å²) in [6, 6.07) is 0. The van der Waals surface area contributed by atoms with Crippen molar-refractivity contribution in [1.29, 1.82) is 0 Å². The topological polar surface area (TPSA) is 24.9 Å². The van der Waals surface area contributed by atoms with Crippen LogP contribution in [-0.4, -0.2) is 18.1 Å². The minimum absolute atomic E-state index is 0.0170. The van der Waals surface area contributed by atoms with E-state index in [1.165, 1.54) is 11.3 Å². The van der Waals surface area contributed by atoms with Crippen LogP contribution in [0.2, 0.25) is 0 Å². The zero-order valence-electron chi connectivity index (χ0n) is 7.59. The number of nitrogens with one attached hydrogen (secondary N) is 1. The Morgan fingerprint density at radius 3 is 3.23 bits per heavy atom. The smallest absolute Gasteiger partial charge is 0.158 e. The highest BCUT2D eigenvalue weighted by atomic mass is 32.1. The van der Waals surface area contributed by atoms with Crippen molar-refractivity contribution in [2.45, 2.75) is 19.0 Å². The lowest BCUT2D eigenvalue weighted by Crippen LogP contribution is -2.44. The van der Waals surface area contributed by atoms with E-state index in [-0.39, 0.29) is 5.92 Å². The van der Waals surface area contributed by atoms with Crippen molar-refractivity contribution >= 4 is 11.3 Å². The van der Waals surface area contributed by atoms with Gasteiger partial charge in [-0.1, -0.05) is 6.92 Å². The molecule has 1 aromatic heterocycles. The first kappa shape index (κ1) is 9.09. The zero-order valence-corrected chi connectivity index (χ0v) is 8.40. The summed E-state index contributed by atoms with van der Waals surface area (Å²) in [5, 5.41) is 5.01. The molecule has 0 aromatic carbocycles. The fourth-order valence-electron chi connectivity index (χ4n) is 1.80. The van der Waals surface area contributed by atoms with Gasteiger partial charge in [0.15, 0.2) is 5.67 Å². The number of piperidine rings is 1. The molecule has 1 aliphatic heterocycles. The Bertz CT molecular complexity index is 275. The summed E-state index contributed by atoms with van der Waals surface area (Å²) in [6.07, 6.45) is 0.540. The molecular formula is C9H13FN2S. The van der Waals surface area contributed by atoms with Gasteiger partial charge in [0.05, 0.1) is 11.2 Å².